The molecule has 0 aliphatic rings. The van der Waals surface area contributed by atoms with Crippen molar-refractivity contribution in [2.75, 3.05) is 6.54 Å². The van der Waals surface area contributed by atoms with Gasteiger partial charge in [-0.3, -0.25) is 4.79 Å². The minimum atomic E-state index is -0.652. The van der Waals surface area contributed by atoms with E-state index in [1.165, 1.54) is 0 Å². The molecule has 1 aromatic heterocycles. The van der Waals surface area contributed by atoms with E-state index in [2.05, 4.69) is 0 Å². The van der Waals surface area contributed by atoms with Gasteiger partial charge in [0.25, 0.3) is 0 Å². The number of hydrogen-bond donors (Lipinski definition) is 1. The third-order valence-electron chi connectivity index (χ3n) is 3.10. The fourth-order valence-corrected chi connectivity index (χ4v) is 2.26. The lowest BCUT2D eigenvalue weighted by molar-refractivity contribution is 0.0818. The van der Waals surface area contributed by atoms with Crippen molar-refractivity contribution in [3.05, 3.63) is 46.1 Å². The smallest absolute Gasteiger partial charge is 0.204 e. The number of halogens is 2. The van der Waals surface area contributed by atoms with Gasteiger partial charge in [-0.1, -0.05) is 37.0 Å². The molecule has 3 nitrogen and oxygen atoms in total. The van der Waals surface area contributed by atoms with Crippen LogP contribution >= 0.6 is 23.2 Å². The normalized spacial score (nSPS) is 11.7. The largest absolute Gasteiger partial charge is 0.453 e. The standard InChI is InChI=1S/C15H15Cl2NO2/c1-15(2,8-18)14(19)13-4-3-12(20-13)9-5-10(16)7-11(17)6-9/h3-7H,8,18H2,1-2H3. The summed E-state index contributed by atoms with van der Waals surface area (Å²) in [6.07, 6.45) is 0. The first-order valence-corrected chi connectivity index (χ1v) is 6.90. The van der Waals surface area contributed by atoms with Crippen molar-refractivity contribution in [1.82, 2.24) is 0 Å². The molecule has 0 spiro atoms. The van der Waals surface area contributed by atoms with Crippen LogP contribution in [0.5, 0.6) is 0 Å². The van der Waals surface area contributed by atoms with E-state index in [0.29, 0.717) is 15.8 Å². The lowest BCUT2D eigenvalue weighted by Crippen LogP contribution is -2.32. The van der Waals surface area contributed by atoms with Gasteiger partial charge >= 0.3 is 0 Å². The van der Waals surface area contributed by atoms with Crippen molar-refractivity contribution in [1.29, 1.82) is 0 Å². The van der Waals surface area contributed by atoms with E-state index in [9.17, 15) is 4.79 Å². The van der Waals surface area contributed by atoms with Crippen molar-refractivity contribution in [3.63, 3.8) is 0 Å². The van der Waals surface area contributed by atoms with Gasteiger partial charge in [0.05, 0.1) is 0 Å². The summed E-state index contributed by atoms with van der Waals surface area (Å²) >= 11 is 11.9. The average molecular weight is 312 g/mol. The van der Waals surface area contributed by atoms with Crippen LogP contribution in [-0.2, 0) is 0 Å². The van der Waals surface area contributed by atoms with Crippen molar-refractivity contribution < 1.29 is 9.21 Å². The molecule has 0 saturated carbocycles. The number of hydrogen-bond acceptors (Lipinski definition) is 3. The molecule has 0 aliphatic heterocycles. The highest BCUT2D eigenvalue weighted by Crippen LogP contribution is 2.30. The molecule has 0 fully saturated rings. The minimum absolute atomic E-state index is 0.126. The predicted molar refractivity (Wildman–Crippen MR) is 81.3 cm³/mol. The van der Waals surface area contributed by atoms with E-state index < -0.39 is 5.41 Å². The third-order valence-corrected chi connectivity index (χ3v) is 3.54. The molecular formula is C15H15Cl2NO2. The lowest BCUT2D eigenvalue weighted by atomic mass is 9.87. The highest BCUT2D eigenvalue weighted by atomic mass is 35.5. The Balaban J connectivity index is 2.36. The Bertz CT molecular complexity index is 627. The van der Waals surface area contributed by atoms with E-state index in [-0.39, 0.29) is 18.1 Å². The Hall–Kier alpha value is -1.29. The van der Waals surface area contributed by atoms with Gasteiger partial charge in [0.15, 0.2) is 5.76 Å². The molecule has 2 aromatic rings. The predicted octanol–water partition coefficient (Wildman–Crippen LogP) is 4.42. The SMILES string of the molecule is CC(C)(CN)C(=O)c1ccc(-c2cc(Cl)cc(Cl)c2)o1. The number of carbonyl (C=O) groups is 1. The van der Waals surface area contributed by atoms with E-state index >= 15 is 0 Å². The Kier molecular flexibility index (Phi) is 4.23. The molecular weight excluding hydrogens is 297 g/mol. The van der Waals surface area contributed by atoms with Gasteiger partial charge in [-0.2, -0.15) is 0 Å². The van der Waals surface area contributed by atoms with Gasteiger partial charge in [-0.25, -0.2) is 0 Å². The van der Waals surface area contributed by atoms with Crippen molar-refractivity contribution in [2.24, 2.45) is 11.1 Å². The van der Waals surface area contributed by atoms with Crippen LogP contribution in [0.2, 0.25) is 10.0 Å². The zero-order valence-electron chi connectivity index (χ0n) is 11.2. The maximum absolute atomic E-state index is 12.3. The molecule has 2 rings (SSSR count). The van der Waals surface area contributed by atoms with Crippen LogP contribution in [0.3, 0.4) is 0 Å². The number of benzene rings is 1. The van der Waals surface area contributed by atoms with Gasteiger partial charge in [0, 0.05) is 27.6 Å². The van der Waals surface area contributed by atoms with Gasteiger partial charge in [-0.05, 0) is 30.3 Å². The second kappa shape index (κ2) is 5.60. The molecule has 0 unspecified atom stereocenters. The molecule has 0 bridgehead atoms. The van der Waals surface area contributed by atoms with Crippen LogP contribution in [0.4, 0.5) is 0 Å². The maximum Gasteiger partial charge on any atom is 0.204 e. The summed E-state index contributed by atoms with van der Waals surface area (Å²) in [7, 11) is 0. The van der Waals surface area contributed by atoms with Crippen LogP contribution in [0.15, 0.2) is 34.7 Å². The first kappa shape index (κ1) is 15.1. The summed E-state index contributed by atoms with van der Waals surface area (Å²) in [6.45, 7) is 3.83. The molecule has 0 amide bonds. The van der Waals surface area contributed by atoms with Gasteiger partial charge < -0.3 is 10.2 Å². The molecule has 5 heteroatoms. The number of furan rings is 1. The second-order valence-corrected chi connectivity index (χ2v) is 6.11. The first-order chi connectivity index (χ1) is 9.33. The van der Waals surface area contributed by atoms with E-state index in [1.807, 2.05) is 0 Å². The Labute approximate surface area is 127 Å². The molecule has 0 saturated heterocycles. The topological polar surface area (TPSA) is 56.2 Å². The Morgan fingerprint density at radius 2 is 1.80 bits per heavy atom. The molecule has 0 atom stereocenters. The molecule has 106 valence electrons. The summed E-state index contributed by atoms with van der Waals surface area (Å²) in [5, 5.41) is 1.03. The monoisotopic (exact) mass is 311 g/mol. The first-order valence-electron chi connectivity index (χ1n) is 6.14. The fourth-order valence-electron chi connectivity index (χ4n) is 1.74. The van der Waals surface area contributed by atoms with Crippen molar-refractivity contribution in [3.8, 4) is 11.3 Å². The molecule has 0 aliphatic carbocycles. The Morgan fingerprint density at radius 1 is 1.20 bits per heavy atom. The lowest BCUT2D eigenvalue weighted by Gasteiger charge is -2.18. The van der Waals surface area contributed by atoms with Crippen LogP contribution in [0.25, 0.3) is 11.3 Å². The van der Waals surface area contributed by atoms with Crippen LogP contribution < -0.4 is 5.73 Å². The highest BCUT2D eigenvalue weighted by Gasteiger charge is 2.29. The molecule has 1 heterocycles. The summed E-state index contributed by atoms with van der Waals surface area (Å²) in [4.78, 5) is 12.3. The maximum atomic E-state index is 12.3. The van der Waals surface area contributed by atoms with E-state index in [1.54, 1.807) is 44.2 Å². The number of carbonyl (C=O) groups excluding carboxylic acids is 1. The summed E-state index contributed by atoms with van der Waals surface area (Å²) in [6, 6.07) is 8.47. The zero-order valence-corrected chi connectivity index (χ0v) is 12.8. The number of Topliss-reactive ketones (excluding diaryl/α,β-unsaturated/α-hetero) is 1. The Morgan fingerprint density at radius 3 is 2.35 bits per heavy atom. The summed E-state index contributed by atoms with van der Waals surface area (Å²) in [5.74, 6) is 0.705. The van der Waals surface area contributed by atoms with Crippen LogP contribution in [0.1, 0.15) is 24.4 Å². The third kappa shape index (κ3) is 3.06. The number of nitrogens with two attached hydrogens (primary N) is 1. The average Bonchev–Trinajstić information content (AvgIpc) is 2.86. The van der Waals surface area contributed by atoms with Gasteiger partial charge in [-0.15, -0.1) is 0 Å². The highest BCUT2D eigenvalue weighted by molar-refractivity contribution is 6.35. The molecule has 20 heavy (non-hydrogen) atoms. The second-order valence-electron chi connectivity index (χ2n) is 5.24. The fraction of sp³-hybridized carbons (Fsp3) is 0.267. The van der Waals surface area contributed by atoms with Gasteiger partial charge in [0.2, 0.25) is 5.78 Å². The van der Waals surface area contributed by atoms with E-state index in [0.717, 1.165) is 5.56 Å². The molecule has 2 N–H and O–H groups in total. The number of ketones is 1. The zero-order chi connectivity index (χ0) is 14.9. The van der Waals surface area contributed by atoms with Crippen LogP contribution in [-0.4, -0.2) is 12.3 Å². The van der Waals surface area contributed by atoms with Crippen molar-refractivity contribution >= 4 is 29.0 Å². The minimum Gasteiger partial charge on any atom is -0.453 e. The van der Waals surface area contributed by atoms with E-state index in [4.69, 9.17) is 33.4 Å². The van der Waals surface area contributed by atoms with Crippen molar-refractivity contribution in [2.45, 2.75) is 13.8 Å². The van der Waals surface area contributed by atoms with Crippen LogP contribution in [0, 0.1) is 5.41 Å². The summed E-state index contributed by atoms with van der Waals surface area (Å²) < 4.78 is 5.61. The molecule has 1 aromatic carbocycles. The quantitative estimate of drug-likeness (QED) is 0.850. The molecule has 0 radical (unpaired) electrons. The number of rotatable bonds is 4. The summed E-state index contributed by atoms with van der Waals surface area (Å²) in [5.41, 5.74) is 5.68. The van der Waals surface area contributed by atoms with Gasteiger partial charge in [0.1, 0.15) is 5.76 Å².